The minimum Gasteiger partial charge on any atom is -1.00 e. The Bertz CT molecular complexity index is 271. The van der Waals surface area contributed by atoms with Crippen LogP contribution in [0, 0.1) is 5.92 Å². The Hall–Kier alpha value is 1.34. The van der Waals surface area contributed by atoms with Crippen LogP contribution in [0.1, 0.15) is 32.1 Å². The van der Waals surface area contributed by atoms with Crippen molar-refractivity contribution in [2.24, 2.45) is 5.92 Å². The maximum absolute atomic E-state index is 5.99. The highest BCUT2D eigenvalue weighted by Gasteiger charge is 2.27. The molecule has 2 fully saturated rings. The SMILES string of the molecule is C[N+]1(C)CCC(COCC[N+]2(C)CCCCC2)CC1.[I-].[I-]. The minimum absolute atomic E-state index is 0. The third-order valence-electron chi connectivity index (χ3n) is 5.31. The molecule has 2 saturated heterocycles. The molecule has 3 nitrogen and oxygen atoms in total. The zero-order chi connectivity index (χ0) is 13.8. The van der Waals surface area contributed by atoms with E-state index in [4.69, 9.17) is 4.74 Å². The number of hydrogen-bond acceptors (Lipinski definition) is 1. The molecule has 21 heavy (non-hydrogen) atoms. The number of likely N-dealkylation sites (N-methyl/N-ethyl adjacent to an activating group) is 1. The Balaban J connectivity index is 0.00000200. The molecule has 2 aliphatic rings. The van der Waals surface area contributed by atoms with Gasteiger partial charge >= 0.3 is 0 Å². The van der Waals surface area contributed by atoms with Crippen LogP contribution in [0.4, 0.5) is 0 Å². The molecular formula is C16H34I2N2O. The van der Waals surface area contributed by atoms with E-state index < -0.39 is 0 Å². The molecule has 5 heteroatoms. The smallest absolute Gasteiger partial charge is 0.102 e. The number of halogens is 2. The van der Waals surface area contributed by atoms with E-state index in [1.54, 1.807) is 0 Å². The molecule has 0 aliphatic carbocycles. The standard InChI is InChI=1S/C16H34N2O.2HI/c1-17(2)11-7-16(8-12-17)15-19-14-13-18(3)9-5-4-6-10-18;;/h16H,4-15H2,1-3H3;2*1H/q+2;;/p-2. The summed E-state index contributed by atoms with van der Waals surface area (Å²) in [6.07, 6.45) is 6.95. The second kappa shape index (κ2) is 10.3. The van der Waals surface area contributed by atoms with E-state index in [9.17, 15) is 0 Å². The number of quaternary nitrogens is 2. The van der Waals surface area contributed by atoms with Crippen molar-refractivity contribution >= 4 is 0 Å². The molecule has 0 spiro atoms. The van der Waals surface area contributed by atoms with Crippen LogP contribution < -0.4 is 48.0 Å². The van der Waals surface area contributed by atoms with Gasteiger partial charge in [0.15, 0.2) is 0 Å². The molecule has 0 aromatic rings. The first-order valence-corrected chi connectivity index (χ1v) is 8.22. The van der Waals surface area contributed by atoms with Gasteiger partial charge in [-0.1, -0.05) is 0 Å². The number of likely N-dealkylation sites (tertiary alicyclic amines) is 2. The molecule has 128 valence electrons. The predicted molar refractivity (Wildman–Crippen MR) is 80.0 cm³/mol. The van der Waals surface area contributed by atoms with Gasteiger partial charge in [-0.2, -0.15) is 0 Å². The largest absolute Gasteiger partial charge is 1.00 e. The Kier molecular flexibility index (Phi) is 10.9. The quantitative estimate of drug-likeness (QED) is 0.204. The molecular weight excluding hydrogens is 490 g/mol. The van der Waals surface area contributed by atoms with Gasteiger partial charge in [-0.15, -0.1) is 0 Å². The summed E-state index contributed by atoms with van der Waals surface area (Å²) in [5.41, 5.74) is 0. The maximum Gasteiger partial charge on any atom is 0.102 e. The number of piperidine rings is 2. The highest BCUT2D eigenvalue weighted by atomic mass is 127. The second-order valence-electron chi connectivity index (χ2n) is 7.75. The van der Waals surface area contributed by atoms with Crippen LogP contribution in [0.15, 0.2) is 0 Å². The molecule has 0 radical (unpaired) electrons. The normalized spacial score (nSPS) is 24.7. The molecule has 2 heterocycles. The Morgan fingerprint density at radius 3 is 2.00 bits per heavy atom. The van der Waals surface area contributed by atoms with E-state index in [2.05, 4.69) is 21.1 Å². The average molecular weight is 524 g/mol. The van der Waals surface area contributed by atoms with Crippen LogP contribution in [-0.2, 0) is 4.74 Å². The molecule has 0 saturated carbocycles. The molecule has 2 rings (SSSR count). The van der Waals surface area contributed by atoms with Crippen LogP contribution in [-0.4, -0.2) is 76.0 Å². The Labute approximate surface area is 166 Å². The van der Waals surface area contributed by atoms with Crippen molar-refractivity contribution in [1.29, 1.82) is 0 Å². The number of ether oxygens (including phenoxy) is 1. The number of rotatable bonds is 5. The summed E-state index contributed by atoms with van der Waals surface area (Å²) in [5, 5.41) is 0. The van der Waals surface area contributed by atoms with Crippen molar-refractivity contribution < 1.29 is 61.7 Å². The Morgan fingerprint density at radius 2 is 1.43 bits per heavy atom. The summed E-state index contributed by atoms with van der Waals surface area (Å²) in [5.74, 6) is 0.817. The summed E-state index contributed by atoms with van der Waals surface area (Å²) in [6, 6.07) is 0. The number of nitrogens with zero attached hydrogens (tertiary/aromatic N) is 2. The zero-order valence-electron chi connectivity index (χ0n) is 14.1. The van der Waals surface area contributed by atoms with Crippen molar-refractivity contribution in [1.82, 2.24) is 0 Å². The maximum atomic E-state index is 5.99. The molecule has 0 amide bonds. The molecule has 0 aromatic carbocycles. The van der Waals surface area contributed by atoms with Crippen LogP contribution in [0.5, 0.6) is 0 Å². The Morgan fingerprint density at radius 1 is 0.857 bits per heavy atom. The van der Waals surface area contributed by atoms with Crippen LogP contribution in [0.25, 0.3) is 0 Å². The molecule has 0 unspecified atom stereocenters. The molecule has 0 bridgehead atoms. The van der Waals surface area contributed by atoms with Crippen molar-refractivity contribution in [3.05, 3.63) is 0 Å². The lowest BCUT2D eigenvalue weighted by Crippen LogP contribution is -3.00. The predicted octanol–water partition coefficient (Wildman–Crippen LogP) is -3.87. The lowest BCUT2D eigenvalue weighted by molar-refractivity contribution is -0.914. The van der Waals surface area contributed by atoms with Crippen molar-refractivity contribution in [2.75, 3.05) is 67.1 Å². The second-order valence-corrected chi connectivity index (χ2v) is 7.75. The van der Waals surface area contributed by atoms with Crippen LogP contribution >= 0.6 is 0 Å². The number of hydrogen-bond donors (Lipinski definition) is 0. The van der Waals surface area contributed by atoms with Gasteiger partial charge in [0.25, 0.3) is 0 Å². The fourth-order valence-electron chi connectivity index (χ4n) is 3.52. The first-order chi connectivity index (χ1) is 8.99. The van der Waals surface area contributed by atoms with E-state index in [1.165, 1.54) is 73.8 Å². The molecule has 2 aliphatic heterocycles. The highest BCUT2D eigenvalue weighted by molar-refractivity contribution is 4.63. The fraction of sp³-hybridized carbons (Fsp3) is 1.00. The summed E-state index contributed by atoms with van der Waals surface area (Å²) in [7, 11) is 7.10. The molecule has 0 N–H and O–H groups in total. The third kappa shape index (κ3) is 8.13. The van der Waals surface area contributed by atoms with Crippen LogP contribution in [0.2, 0.25) is 0 Å². The van der Waals surface area contributed by atoms with E-state index in [0.29, 0.717) is 0 Å². The summed E-state index contributed by atoms with van der Waals surface area (Å²) in [4.78, 5) is 0. The monoisotopic (exact) mass is 524 g/mol. The van der Waals surface area contributed by atoms with Gasteiger partial charge in [-0.3, -0.25) is 0 Å². The van der Waals surface area contributed by atoms with Crippen LogP contribution in [0.3, 0.4) is 0 Å². The van der Waals surface area contributed by atoms with Gasteiger partial charge in [0.2, 0.25) is 0 Å². The fourth-order valence-corrected chi connectivity index (χ4v) is 3.52. The summed E-state index contributed by atoms with van der Waals surface area (Å²) >= 11 is 0. The lowest BCUT2D eigenvalue weighted by atomic mass is 9.97. The van der Waals surface area contributed by atoms with E-state index >= 15 is 0 Å². The van der Waals surface area contributed by atoms with E-state index in [1.807, 2.05) is 0 Å². The third-order valence-corrected chi connectivity index (χ3v) is 5.31. The minimum atomic E-state index is 0. The van der Waals surface area contributed by atoms with E-state index in [0.717, 1.165) is 19.1 Å². The summed E-state index contributed by atoms with van der Waals surface area (Å²) < 4.78 is 8.43. The topological polar surface area (TPSA) is 9.23 Å². The van der Waals surface area contributed by atoms with Gasteiger partial charge < -0.3 is 61.7 Å². The summed E-state index contributed by atoms with van der Waals surface area (Å²) in [6.45, 7) is 8.54. The first kappa shape index (κ1) is 22.3. The zero-order valence-corrected chi connectivity index (χ0v) is 18.4. The first-order valence-electron chi connectivity index (χ1n) is 8.22. The van der Waals surface area contributed by atoms with E-state index in [-0.39, 0.29) is 48.0 Å². The van der Waals surface area contributed by atoms with Gasteiger partial charge in [-0.05, 0) is 25.2 Å². The van der Waals surface area contributed by atoms with Gasteiger partial charge in [0.05, 0.1) is 60.5 Å². The average Bonchev–Trinajstić information content (AvgIpc) is 2.37. The molecule has 0 aromatic heterocycles. The van der Waals surface area contributed by atoms with Gasteiger partial charge in [0, 0.05) is 12.8 Å². The van der Waals surface area contributed by atoms with Crippen molar-refractivity contribution in [3.8, 4) is 0 Å². The van der Waals surface area contributed by atoms with Gasteiger partial charge in [-0.25, -0.2) is 0 Å². The lowest BCUT2D eigenvalue weighted by Gasteiger charge is -2.38. The highest BCUT2D eigenvalue weighted by Crippen LogP contribution is 2.20. The van der Waals surface area contributed by atoms with Crippen molar-refractivity contribution in [2.45, 2.75) is 32.1 Å². The van der Waals surface area contributed by atoms with Gasteiger partial charge in [0.1, 0.15) is 6.54 Å². The molecule has 0 atom stereocenters. The van der Waals surface area contributed by atoms with Crippen molar-refractivity contribution in [3.63, 3.8) is 0 Å².